The lowest BCUT2D eigenvalue weighted by atomic mass is 10.3. The van der Waals surface area contributed by atoms with Gasteiger partial charge >= 0.3 is 0 Å². The molecule has 2 heterocycles. The van der Waals surface area contributed by atoms with Gasteiger partial charge in [0.15, 0.2) is 0 Å². The quantitative estimate of drug-likeness (QED) is 0.497. The first kappa shape index (κ1) is 20.1. The van der Waals surface area contributed by atoms with Crippen LogP contribution < -0.4 is 10.6 Å². The zero-order valence-corrected chi connectivity index (χ0v) is 15.8. The monoisotopic (exact) mass is 354 g/mol. The van der Waals surface area contributed by atoms with Crippen LogP contribution in [0.2, 0.25) is 0 Å². The van der Waals surface area contributed by atoms with Gasteiger partial charge in [-0.2, -0.15) is 0 Å². The largest absolute Gasteiger partial charge is 0.355 e. The summed E-state index contributed by atoms with van der Waals surface area (Å²) in [5.74, 6) is 0.154. The lowest BCUT2D eigenvalue weighted by molar-refractivity contribution is -0.122. The SMILES string of the molecule is CN1CCN(CC(=O)NCCCNC(=O)CN2CCN(C)CC2)CC1. The molecule has 0 aliphatic carbocycles. The molecule has 144 valence electrons. The van der Waals surface area contributed by atoms with Crippen LogP contribution in [0.1, 0.15) is 6.42 Å². The predicted octanol–water partition coefficient (Wildman–Crippen LogP) is -1.90. The van der Waals surface area contributed by atoms with Gasteiger partial charge < -0.3 is 20.4 Å². The van der Waals surface area contributed by atoms with E-state index in [9.17, 15) is 9.59 Å². The molecule has 0 aromatic rings. The van der Waals surface area contributed by atoms with Gasteiger partial charge in [-0.1, -0.05) is 0 Å². The van der Waals surface area contributed by atoms with Crippen LogP contribution in [0.25, 0.3) is 0 Å². The van der Waals surface area contributed by atoms with Crippen LogP contribution in [0.4, 0.5) is 0 Å². The van der Waals surface area contributed by atoms with E-state index < -0.39 is 0 Å². The van der Waals surface area contributed by atoms with Crippen molar-refractivity contribution >= 4 is 11.8 Å². The molecule has 8 heteroatoms. The van der Waals surface area contributed by atoms with Gasteiger partial charge in [0, 0.05) is 65.4 Å². The third kappa shape index (κ3) is 8.13. The average Bonchev–Trinajstić information content (AvgIpc) is 2.59. The van der Waals surface area contributed by atoms with Gasteiger partial charge in [0.05, 0.1) is 13.1 Å². The van der Waals surface area contributed by atoms with Crippen LogP contribution in [0, 0.1) is 0 Å². The average molecular weight is 354 g/mol. The van der Waals surface area contributed by atoms with E-state index in [0.717, 1.165) is 58.8 Å². The Morgan fingerprint density at radius 2 is 1.04 bits per heavy atom. The summed E-state index contributed by atoms with van der Waals surface area (Å²) in [5.41, 5.74) is 0. The molecular weight excluding hydrogens is 320 g/mol. The van der Waals surface area contributed by atoms with E-state index >= 15 is 0 Å². The third-order valence-corrected chi connectivity index (χ3v) is 4.92. The van der Waals surface area contributed by atoms with E-state index in [1.807, 2.05) is 0 Å². The lowest BCUT2D eigenvalue weighted by Gasteiger charge is -2.31. The zero-order chi connectivity index (χ0) is 18.1. The number of piperazine rings is 2. The minimum atomic E-state index is 0.0771. The number of carbonyl (C=O) groups excluding carboxylic acids is 2. The van der Waals surface area contributed by atoms with E-state index in [-0.39, 0.29) is 11.8 Å². The van der Waals surface area contributed by atoms with Gasteiger partial charge in [0.1, 0.15) is 0 Å². The van der Waals surface area contributed by atoms with Crippen molar-refractivity contribution in [2.45, 2.75) is 6.42 Å². The second-order valence-corrected chi connectivity index (χ2v) is 7.21. The van der Waals surface area contributed by atoms with E-state index in [4.69, 9.17) is 0 Å². The van der Waals surface area contributed by atoms with Gasteiger partial charge in [0.25, 0.3) is 0 Å². The third-order valence-electron chi connectivity index (χ3n) is 4.92. The van der Waals surface area contributed by atoms with Crippen LogP contribution in [0.3, 0.4) is 0 Å². The second kappa shape index (κ2) is 10.7. The Balaban J connectivity index is 1.45. The Morgan fingerprint density at radius 3 is 1.40 bits per heavy atom. The van der Waals surface area contributed by atoms with Crippen molar-refractivity contribution in [2.24, 2.45) is 0 Å². The molecule has 0 radical (unpaired) electrons. The molecule has 2 saturated heterocycles. The van der Waals surface area contributed by atoms with E-state index in [1.165, 1.54) is 0 Å². The van der Waals surface area contributed by atoms with Gasteiger partial charge in [-0.15, -0.1) is 0 Å². The molecule has 0 bridgehead atoms. The number of nitrogens with one attached hydrogen (secondary N) is 2. The highest BCUT2D eigenvalue weighted by Gasteiger charge is 2.17. The maximum atomic E-state index is 11.9. The van der Waals surface area contributed by atoms with Gasteiger partial charge in [-0.3, -0.25) is 19.4 Å². The number of hydrogen-bond donors (Lipinski definition) is 2. The molecule has 2 aliphatic rings. The normalized spacial score (nSPS) is 21.2. The standard InChI is InChI=1S/C17H34N6O2/c1-20-6-10-22(11-7-20)14-16(24)18-4-3-5-19-17(25)15-23-12-8-21(2)9-13-23/h3-15H2,1-2H3,(H,18,24)(H,19,25). The zero-order valence-electron chi connectivity index (χ0n) is 15.8. The number of carbonyl (C=O) groups is 2. The summed E-state index contributed by atoms with van der Waals surface area (Å²) < 4.78 is 0. The van der Waals surface area contributed by atoms with Crippen LogP contribution in [0.15, 0.2) is 0 Å². The molecule has 2 fully saturated rings. The number of hydrogen-bond acceptors (Lipinski definition) is 6. The first-order chi connectivity index (χ1) is 12.0. The minimum absolute atomic E-state index is 0.0771. The number of amides is 2. The topological polar surface area (TPSA) is 71.2 Å². The second-order valence-electron chi connectivity index (χ2n) is 7.21. The molecule has 25 heavy (non-hydrogen) atoms. The minimum Gasteiger partial charge on any atom is -0.355 e. The summed E-state index contributed by atoms with van der Waals surface area (Å²) >= 11 is 0. The Hall–Kier alpha value is -1.22. The molecule has 0 aromatic heterocycles. The summed E-state index contributed by atoms with van der Waals surface area (Å²) in [4.78, 5) is 32.8. The summed E-state index contributed by atoms with van der Waals surface area (Å²) in [6.07, 6.45) is 0.767. The van der Waals surface area contributed by atoms with Crippen LogP contribution in [-0.4, -0.2) is 124 Å². The highest BCUT2D eigenvalue weighted by molar-refractivity contribution is 5.78. The van der Waals surface area contributed by atoms with Crippen molar-refractivity contribution in [1.29, 1.82) is 0 Å². The number of likely N-dealkylation sites (N-methyl/N-ethyl adjacent to an activating group) is 2. The van der Waals surface area contributed by atoms with Gasteiger partial charge in [-0.05, 0) is 20.5 Å². The number of nitrogens with zero attached hydrogens (tertiary/aromatic N) is 4. The molecule has 0 saturated carbocycles. The fraction of sp³-hybridized carbons (Fsp3) is 0.882. The summed E-state index contributed by atoms with van der Waals surface area (Å²) in [5, 5.41) is 5.88. The van der Waals surface area contributed by atoms with Crippen LogP contribution in [0.5, 0.6) is 0 Å². The number of rotatable bonds is 8. The van der Waals surface area contributed by atoms with E-state index in [1.54, 1.807) is 0 Å². The maximum absolute atomic E-state index is 11.9. The van der Waals surface area contributed by atoms with Gasteiger partial charge in [-0.25, -0.2) is 0 Å². The first-order valence-corrected chi connectivity index (χ1v) is 9.38. The molecule has 0 aromatic carbocycles. The Morgan fingerprint density at radius 1 is 0.680 bits per heavy atom. The summed E-state index contributed by atoms with van der Waals surface area (Å²) in [6, 6.07) is 0. The predicted molar refractivity (Wildman–Crippen MR) is 98.5 cm³/mol. The molecule has 2 rings (SSSR count). The Bertz CT molecular complexity index is 379. The van der Waals surface area contributed by atoms with Crippen LogP contribution >= 0.6 is 0 Å². The Labute approximate surface area is 151 Å². The summed E-state index contributed by atoms with van der Waals surface area (Å²) in [7, 11) is 4.21. The first-order valence-electron chi connectivity index (χ1n) is 9.38. The molecule has 8 nitrogen and oxygen atoms in total. The van der Waals surface area contributed by atoms with Crippen molar-refractivity contribution in [3.63, 3.8) is 0 Å². The van der Waals surface area contributed by atoms with Crippen molar-refractivity contribution in [2.75, 3.05) is 92.6 Å². The van der Waals surface area contributed by atoms with E-state index in [2.05, 4.69) is 44.3 Å². The molecule has 0 atom stereocenters. The Kier molecular flexibility index (Phi) is 8.60. The molecule has 0 unspecified atom stereocenters. The molecule has 2 amide bonds. The van der Waals surface area contributed by atoms with Crippen molar-refractivity contribution < 1.29 is 9.59 Å². The summed E-state index contributed by atoms with van der Waals surface area (Å²) in [6.45, 7) is 10.1. The highest BCUT2D eigenvalue weighted by Crippen LogP contribution is 1.99. The maximum Gasteiger partial charge on any atom is 0.234 e. The highest BCUT2D eigenvalue weighted by atomic mass is 16.2. The fourth-order valence-electron chi connectivity index (χ4n) is 3.07. The molecule has 0 spiro atoms. The lowest BCUT2D eigenvalue weighted by Crippen LogP contribution is -2.48. The smallest absolute Gasteiger partial charge is 0.234 e. The fourth-order valence-corrected chi connectivity index (χ4v) is 3.07. The molecule has 2 N–H and O–H groups in total. The van der Waals surface area contributed by atoms with Crippen molar-refractivity contribution in [3.8, 4) is 0 Å². The van der Waals surface area contributed by atoms with Gasteiger partial charge in [0.2, 0.25) is 11.8 Å². The molecular formula is C17H34N6O2. The van der Waals surface area contributed by atoms with E-state index in [0.29, 0.717) is 26.2 Å². The van der Waals surface area contributed by atoms with Crippen molar-refractivity contribution in [1.82, 2.24) is 30.2 Å². The van der Waals surface area contributed by atoms with Crippen LogP contribution in [-0.2, 0) is 9.59 Å². The molecule has 2 aliphatic heterocycles. The van der Waals surface area contributed by atoms with Crippen molar-refractivity contribution in [3.05, 3.63) is 0 Å².